The van der Waals surface area contributed by atoms with Gasteiger partial charge in [-0.15, -0.1) is 0 Å². The summed E-state index contributed by atoms with van der Waals surface area (Å²) in [6.45, 7) is 0.426. The number of amides is 2. The molecule has 0 fully saturated rings. The van der Waals surface area contributed by atoms with Gasteiger partial charge in [0.25, 0.3) is 0 Å². The Bertz CT molecular complexity index is 863. The Labute approximate surface area is 147 Å². The number of hydrogen-bond acceptors (Lipinski definition) is 2. The Hall–Kier alpha value is -2.74. The van der Waals surface area contributed by atoms with E-state index in [2.05, 4.69) is 9.98 Å². The number of halogens is 3. The Morgan fingerprint density at radius 3 is 2.52 bits per heavy atom. The van der Waals surface area contributed by atoms with Crippen LogP contribution in [0.4, 0.5) is 13.6 Å². The number of benzene rings is 1. The summed E-state index contributed by atoms with van der Waals surface area (Å²) in [4.78, 5) is 20.5. The van der Waals surface area contributed by atoms with E-state index < -0.39 is 17.7 Å². The molecule has 0 atom stereocenters. The molecule has 0 saturated heterocycles. The summed E-state index contributed by atoms with van der Waals surface area (Å²) in [5, 5.41) is 0.475. The van der Waals surface area contributed by atoms with Gasteiger partial charge in [-0.3, -0.25) is 4.98 Å². The molecule has 6 nitrogen and oxygen atoms in total. The Kier molecular flexibility index (Phi) is 4.54. The largest absolute Gasteiger partial charge is 0.370 e. The molecule has 0 saturated carbocycles. The first-order valence-corrected chi connectivity index (χ1v) is 7.74. The van der Waals surface area contributed by atoms with E-state index in [1.54, 1.807) is 6.07 Å². The summed E-state index contributed by atoms with van der Waals surface area (Å²) in [6.07, 6.45) is 2.29. The van der Waals surface area contributed by atoms with Gasteiger partial charge >= 0.3 is 6.03 Å². The second-order valence-corrected chi connectivity index (χ2v) is 5.93. The number of carbonyl (C=O) groups is 1. The molecule has 1 aliphatic heterocycles. The normalized spacial score (nSPS) is 13.3. The molecule has 2 heterocycles. The lowest BCUT2D eigenvalue weighted by Gasteiger charge is -2.30. The van der Waals surface area contributed by atoms with E-state index in [-0.39, 0.29) is 18.1 Å². The first kappa shape index (κ1) is 17.1. The number of fused-ring (bicyclic) bond motifs is 1. The molecule has 1 aliphatic rings. The molecule has 0 bridgehead atoms. The molecule has 0 spiro atoms. The van der Waals surface area contributed by atoms with Crippen molar-refractivity contribution in [3.8, 4) is 11.1 Å². The average molecular weight is 366 g/mol. The van der Waals surface area contributed by atoms with Crippen molar-refractivity contribution in [2.45, 2.75) is 13.0 Å². The van der Waals surface area contributed by atoms with Crippen molar-refractivity contribution < 1.29 is 13.6 Å². The number of hydrogen-bond donors (Lipinski definition) is 2. The third-order valence-electron chi connectivity index (χ3n) is 3.97. The van der Waals surface area contributed by atoms with Gasteiger partial charge in [0.2, 0.25) is 0 Å². The molecular formula is C16H14ClF2N5O. The fraction of sp³-hybridized carbons (Fsp3) is 0.188. The predicted molar refractivity (Wildman–Crippen MR) is 89.9 cm³/mol. The van der Waals surface area contributed by atoms with Gasteiger partial charge in [-0.2, -0.15) is 4.99 Å². The number of rotatable bonds is 1. The lowest BCUT2D eigenvalue weighted by Crippen LogP contribution is -2.36. The molecule has 25 heavy (non-hydrogen) atoms. The van der Waals surface area contributed by atoms with Crippen LogP contribution in [0.25, 0.3) is 11.1 Å². The third kappa shape index (κ3) is 3.25. The highest BCUT2D eigenvalue weighted by Gasteiger charge is 2.27. The Balaban J connectivity index is 2.10. The van der Waals surface area contributed by atoms with Crippen molar-refractivity contribution in [3.63, 3.8) is 0 Å². The zero-order valence-electron chi connectivity index (χ0n) is 13.0. The van der Waals surface area contributed by atoms with E-state index in [1.807, 2.05) is 0 Å². The first-order chi connectivity index (χ1) is 11.9. The molecule has 3 rings (SSSR count). The number of aromatic nitrogens is 1. The van der Waals surface area contributed by atoms with Crippen molar-refractivity contribution in [3.05, 3.63) is 52.3 Å². The highest BCUT2D eigenvalue weighted by Crippen LogP contribution is 2.36. The molecule has 9 heteroatoms. The number of aliphatic imine (C=N–C) groups is 1. The van der Waals surface area contributed by atoms with Gasteiger partial charge in [-0.05, 0) is 29.2 Å². The number of pyridine rings is 1. The second-order valence-electron chi connectivity index (χ2n) is 5.52. The Morgan fingerprint density at radius 2 is 1.88 bits per heavy atom. The van der Waals surface area contributed by atoms with Crippen molar-refractivity contribution in [2.24, 2.45) is 16.5 Å². The molecule has 1 aromatic carbocycles. The molecule has 130 valence electrons. The van der Waals surface area contributed by atoms with Crippen LogP contribution < -0.4 is 11.5 Å². The van der Waals surface area contributed by atoms with Crippen LogP contribution in [0, 0.1) is 11.6 Å². The van der Waals surface area contributed by atoms with Crippen LogP contribution in [0.15, 0.2) is 29.5 Å². The van der Waals surface area contributed by atoms with Gasteiger partial charge < -0.3 is 16.4 Å². The van der Waals surface area contributed by atoms with E-state index in [4.69, 9.17) is 23.1 Å². The third-order valence-corrected chi connectivity index (χ3v) is 4.33. The van der Waals surface area contributed by atoms with E-state index in [1.165, 1.54) is 11.0 Å². The topological polar surface area (TPSA) is 97.6 Å². The monoisotopic (exact) mass is 365 g/mol. The minimum absolute atomic E-state index is 0.0854. The van der Waals surface area contributed by atoms with Gasteiger partial charge in [-0.25, -0.2) is 13.6 Å². The minimum Gasteiger partial charge on any atom is -0.370 e. The highest BCUT2D eigenvalue weighted by molar-refractivity contribution is 6.31. The fourth-order valence-corrected chi connectivity index (χ4v) is 3.15. The lowest BCUT2D eigenvalue weighted by atomic mass is 9.91. The zero-order chi connectivity index (χ0) is 18.1. The van der Waals surface area contributed by atoms with E-state index >= 15 is 0 Å². The van der Waals surface area contributed by atoms with E-state index in [0.717, 1.165) is 18.0 Å². The number of urea groups is 1. The molecule has 4 N–H and O–H groups in total. The van der Waals surface area contributed by atoms with Crippen LogP contribution >= 0.6 is 11.6 Å². The van der Waals surface area contributed by atoms with E-state index in [9.17, 15) is 13.6 Å². The van der Waals surface area contributed by atoms with Crippen LogP contribution in [0.1, 0.15) is 11.1 Å². The molecule has 1 aromatic heterocycles. The SMILES string of the molecule is NC(N)=NC(=O)N1CCc2c(Cl)ccc(-c3c(F)cncc3F)c2C1. The lowest BCUT2D eigenvalue weighted by molar-refractivity contribution is 0.203. The maximum absolute atomic E-state index is 14.2. The highest BCUT2D eigenvalue weighted by atomic mass is 35.5. The summed E-state index contributed by atoms with van der Waals surface area (Å²) < 4.78 is 28.3. The smallest absolute Gasteiger partial charge is 0.347 e. The van der Waals surface area contributed by atoms with Crippen LogP contribution in [-0.2, 0) is 13.0 Å². The molecule has 2 amide bonds. The second kappa shape index (κ2) is 6.64. The molecular weight excluding hydrogens is 352 g/mol. The summed E-state index contributed by atoms with van der Waals surface area (Å²) in [6, 6.07) is 2.49. The van der Waals surface area contributed by atoms with Gasteiger partial charge in [0.05, 0.1) is 18.0 Å². The Morgan fingerprint density at radius 1 is 1.20 bits per heavy atom. The van der Waals surface area contributed by atoms with Crippen LogP contribution in [0.2, 0.25) is 5.02 Å². The van der Waals surface area contributed by atoms with Crippen molar-refractivity contribution in [2.75, 3.05) is 6.54 Å². The number of nitrogens with zero attached hydrogens (tertiary/aromatic N) is 3. The van der Waals surface area contributed by atoms with Gasteiger partial charge in [0.15, 0.2) is 17.6 Å². The van der Waals surface area contributed by atoms with Crippen molar-refractivity contribution >= 4 is 23.6 Å². The number of guanidine groups is 1. The maximum Gasteiger partial charge on any atom is 0.347 e. The van der Waals surface area contributed by atoms with Crippen LogP contribution in [0.3, 0.4) is 0 Å². The summed E-state index contributed by atoms with van der Waals surface area (Å²) in [5.41, 5.74) is 11.9. The molecule has 0 radical (unpaired) electrons. The average Bonchev–Trinajstić information content (AvgIpc) is 2.55. The zero-order valence-corrected chi connectivity index (χ0v) is 13.7. The molecule has 0 unspecified atom stereocenters. The molecule has 0 aliphatic carbocycles. The van der Waals surface area contributed by atoms with Gasteiger partial charge in [0.1, 0.15) is 0 Å². The number of nitrogens with two attached hydrogens (primary N) is 2. The predicted octanol–water partition coefficient (Wildman–Crippen LogP) is 2.43. The quantitative estimate of drug-likeness (QED) is 0.599. The van der Waals surface area contributed by atoms with Crippen molar-refractivity contribution in [1.29, 1.82) is 0 Å². The van der Waals surface area contributed by atoms with Crippen LogP contribution in [0.5, 0.6) is 0 Å². The maximum atomic E-state index is 14.2. The van der Waals surface area contributed by atoms with Gasteiger partial charge in [-0.1, -0.05) is 17.7 Å². The summed E-state index contributed by atoms with van der Waals surface area (Å²) >= 11 is 6.22. The first-order valence-electron chi connectivity index (χ1n) is 7.36. The van der Waals surface area contributed by atoms with Crippen molar-refractivity contribution in [1.82, 2.24) is 9.88 Å². The summed E-state index contributed by atoms with van der Waals surface area (Å²) in [7, 11) is 0. The summed E-state index contributed by atoms with van der Waals surface area (Å²) in [5.74, 6) is -1.94. The fourth-order valence-electron chi connectivity index (χ4n) is 2.88. The standard InChI is InChI=1S/C16H14ClF2N5O/c17-11-2-1-9(14-12(18)5-22-6-13(14)19)10-7-24(4-3-8(10)11)16(25)23-15(20)21/h1-2,5-6H,3-4,7H2,(H4,20,21,23,25). The van der Waals surface area contributed by atoms with Gasteiger partial charge in [0, 0.05) is 18.1 Å². The van der Waals surface area contributed by atoms with Crippen LogP contribution in [-0.4, -0.2) is 28.4 Å². The minimum atomic E-state index is -0.794. The van der Waals surface area contributed by atoms with E-state index in [0.29, 0.717) is 29.1 Å². The number of carbonyl (C=O) groups excluding carboxylic acids is 1. The molecule has 2 aromatic rings.